The molecule has 0 bridgehead atoms. The van der Waals surface area contributed by atoms with Gasteiger partial charge in [-0.15, -0.1) is 11.3 Å². The van der Waals surface area contributed by atoms with Crippen LogP contribution in [0.2, 0.25) is 5.02 Å². The molecule has 2 aromatic rings. The lowest BCUT2D eigenvalue weighted by Gasteiger charge is -1.92. The van der Waals surface area contributed by atoms with Gasteiger partial charge in [0.1, 0.15) is 0 Å². The molecule has 11 heavy (non-hydrogen) atoms. The minimum absolute atomic E-state index is 0.854. The SMILES string of the molecule is Cc1scc2c(Cl)cccc12. The lowest BCUT2D eigenvalue weighted by atomic mass is 10.2. The Hall–Kier alpha value is -0.530. The molecule has 1 aromatic heterocycles. The van der Waals surface area contributed by atoms with Crippen LogP contribution in [0.5, 0.6) is 0 Å². The first-order chi connectivity index (χ1) is 5.29. The summed E-state index contributed by atoms with van der Waals surface area (Å²) in [5.41, 5.74) is 0. The lowest BCUT2D eigenvalue weighted by molar-refractivity contribution is 1.68. The maximum absolute atomic E-state index is 5.98. The molecule has 0 amide bonds. The molecule has 0 aliphatic carbocycles. The minimum Gasteiger partial charge on any atom is -0.148 e. The van der Waals surface area contributed by atoms with Crippen molar-refractivity contribution in [2.45, 2.75) is 6.92 Å². The summed E-state index contributed by atoms with van der Waals surface area (Å²) in [6.07, 6.45) is 0. The summed E-state index contributed by atoms with van der Waals surface area (Å²) in [6.45, 7) is 2.11. The fraction of sp³-hybridized carbons (Fsp3) is 0.111. The molecule has 0 unspecified atom stereocenters. The molecule has 2 rings (SSSR count). The van der Waals surface area contributed by atoms with E-state index < -0.39 is 0 Å². The highest BCUT2D eigenvalue weighted by Crippen LogP contribution is 2.30. The number of thiophene rings is 1. The Labute approximate surface area is 74.4 Å². The van der Waals surface area contributed by atoms with Crippen molar-refractivity contribution in [2.24, 2.45) is 0 Å². The first-order valence-corrected chi connectivity index (χ1v) is 4.67. The predicted molar refractivity (Wildman–Crippen MR) is 51.6 cm³/mol. The molecule has 0 aliphatic rings. The topological polar surface area (TPSA) is 0 Å². The second-order valence-corrected chi connectivity index (χ2v) is 3.98. The van der Waals surface area contributed by atoms with E-state index in [0.717, 1.165) is 5.02 Å². The van der Waals surface area contributed by atoms with Crippen LogP contribution in [0.3, 0.4) is 0 Å². The second kappa shape index (κ2) is 2.50. The van der Waals surface area contributed by atoms with E-state index in [0.29, 0.717) is 0 Å². The van der Waals surface area contributed by atoms with E-state index in [1.54, 1.807) is 11.3 Å². The summed E-state index contributed by atoms with van der Waals surface area (Å²) in [5, 5.41) is 5.42. The Morgan fingerprint density at radius 1 is 1.27 bits per heavy atom. The number of benzene rings is 1. The zero-order valence-corrected chi connectivity index (χ0v) is 7.67. The average molecular weight is 183 g/mol. The summed E-state index contributed by atoms with van der Waals surface area (Å²) in [6, 6.07) is 6.02. The van der Waals surface area contributed by atoms with Gasteiger partial charge in [-0.25, -0.2) is 0 Å². The average Bonchev–Trinajstić information content (AvgIpc) is 2.35. The maximum Gasteiger partial charge on any atom is 0.0492 e. The number of rotatable bonds is 0. The van der Waals surface area contributed by atoms with E-state index in [1.165, 1.54) is 15.6 Å². The molecule has 0 spiro atoms. The number of hydrogen-bond acceptors (Lipinski definition) is 1. The molecule has 0 saturated heterocycles. The normalized spacial score (nSPS) is 10.7. The predicted octanol–water partition coefficient (Wildman–Crippen LogP) is 3.86. The third-order valence-electron chi connectivity index (χ3n) is 1.79. The van der Waals surface area contributed by atoms with E-state index in [4.69, 9.17) is 11.6 Å². The van der Waals surface area contributed by atoms with Crippen molar-refractivity contribution in [3.05, 3.63) is 33.5 Å². The molecule has 2 heteroatoms. The first-order valence-electron chi connectivity index (χ1n) is 3.41. The number of halogens is 1. The Morgan fingerprint density at radius 3 is 2.82 bits per heavy atom. The highest BCUT2D eigenvalue weighted by Gasteiger charge is 2.01. The Balaban J connectivity index is 2.94. The molecule has 56 valence electrons. The quantitative estimate of drug-likeness (QED) is 0.581. The van der Waals surface area contributed by atoms with Crippen LogP contribution in [0.25, 0.3) is 10.8 Å². The fourth-order valence-electron chi connectivity index (χ4n) is 1.17. The summed E-state index contributed by atoms with van der Waals surface area (Å²) in [7, 11) is 0. The van der Waals surface area contributed by atoms with Crippen LogP contribution in [0.4, 0.5) is 0 Å². The van der Waals surface area contributed by atoms with Crippen molar-refractivity contribution in [1.29, 1.82) is 0 Å². The van der Waals surface area contributed by atoms with Crippen molar-refractivity contribution in [3.63, 3.8) is 0 Å². The maximum atomic E-state index is 5.98. The van der Waals surface area contributed by atoms with Gasteiger partial charge in [0.25, 0.3) is 0 Å². The first kappa shape index (κ1) is 7.14. The van der Waals surface area contributed by atoms with Crippen LogP contribution in [-0.2, 0) is 0 Å². The molecular formula is C9H7ClS. The van der Waals surface area contributed by atoms with Crippen molar-refractivity contribution in [1.82, 2.24) is 0 Å². The van der Waals surface area contributed by atoms with Gasteiger partial charge in [-0.2, -0.15) is 0 Å². The van der Waals surface area contributed by atoms with Crippen molar-refractivity contribution in [3.8, 4) is 0 Å². The van der Waals surface area contributed by atoms with Gasteiger partial charge in [0.05, 0.1) is 0 Å². The van der Waals surface area contributed by atoms with Crippen LogP contribution in [0.15, 0.2) is 23.6 Å². The highest BCUT2D eigenvalue weighted by molar-refractivity contribution is 7.11. The van der Waals surface area contributed by atoms with Gasteiger partial charge in [0.2, 0.25) is 0 Å². The van der Waals surface area contributed by atoms with Crippen LogP contribution in [-0.4, -0.2) is 0 Å². The van der Waals surface area contributed by atoms with Crippen LogP contribution in [0.1, 0.15) is 4.88 Å². The smallest absolute Gasteiger partial charge is 0.0492 e. The summed E-state index contributed by atoms with van der Waals surface area (Å²) in [5.74, 6) is 0. The monoisotopic (exact) mass is 182 g/mol. The van der Waals surface area contributed by atoms with Gasteiger partial charge < -0.3 is 0 Å². The fourth-order valence-corrected chi connectivity index (χ4v) is 2.32. The van der Waals surface area contributed by atoms with Crippen LogP contribution in [0, 0.1) is 6.92 Å². The van der Waals surface area contributed by atoms with E-state index in [-0.39, 0.29) is 0 Å². The van der Waals surface area contributed by atoms with E-state index in [2.05, 4.69) is 18.4 Å². The molecule has 0 N–H and O–H groups in total. The zero-order chi connectivity index (χ0) is 7.84. The summed E-state index contributed by atoms with van der Waals surface area (Å²) < 4.78 is 0. The van der Waals surface area contributed by atoms with Gasteiger partial charge >= 0.3 is 0 Å². The highest BCUT2D eigenvalue weighted by atomic mass is 35.5. The largest absolute Gasteiger partial charge is 0.148 e. The van der Waals surface area contributed by atoms with E-state index >= 15 is 0 Å². The van der Waals surface area contributed by atoms with Gasteiger partial charge in [-0.3, -0.25) is 0 Å². The van der Waals surface area contributed by atoms with Gasteiger partial charge in [0, 0.05) is 20.7 Å². The number of aryl methyl sites for hydroxylation is 1. The molecule has 1 heterocycles. The molecule has 0 aliphatic heterocycles. The van der Waals surface area contributed by atoms with Crippen molar-refractivity contribution in [2.75, 3.05) is 0 Å². The Bertz CT molecular complexity index is 389. The summed E-state index contributed by atoms with van der Waals surface area (Å²) in [4.78, 5) is 1.34. The Kier molecular flexibility index (Phi) is 1.63. The molecule has 0 fully saturated rings. The van der Waals surface area contributed by atoms with Crippen molar-refractivity contribution >= 4 is 33.7 Å². The number of fused-ring (bicyclic) bond motifs is 1. The molecule has 0 saturated carbocycles. The molecular weight excluding hydrogens is 176 g/mol. The van der Waals surface area contributed by atoms with Gasteiger partial charge in [0.15, 0.2) is 0 Å². The van der Waals surface area contributed by atoms with Gasteiger partial charge in [-0.05, 0) is 18.4 Å². The minimum atomic E-state index is 0.854. The second-order valence-electron chi connectivity index (χ2n) is 2.49. The van der Waals surface area contributed by atoms with Crippen LogP contribution < -0.4 is 0 Å². The lowest BCUT2D eigenvalue weighted by Crippen LogP contribution is -1.67. The molecule has 0 nitrogen and oxygen atoms in total. The van der Waals surface area contributed by atoms with Crippen LogP contribution >= 0.6 is 22.9 Å². The third-order valence-corrected chi connectivity index (χ3v) is 3.04. The zero-order valence-electron chi connectivity index (χ0n) is 6.10. The number of hydrogen-bond donors (Lipinski definition) is 0. The van der Waals surface area contributed by atoms with E-state index in [9.17, 15) is 0 Å². The van der Waals surface area contributed by atoms with Crippen molar-refractivity contribution < 1.29 is 0 Å². The van der Waals surface area contributed by atoms with E-state index in [1.807, 2.05) is 12.1 Å². The van der Waals surface area contributed by atoms with Gasteiger partial charge in [-0.1, -0.05) is 23.7 Å². The summed E-state index contributed by atoms with van der Waals surface area (Å²) >= 11 is 7.72. The Morgan fingerprint density at radius 2 is 2.09 bits per heavy atom. The standard InChI is InChI=1S/C9H7ClS/c1-6-7-3-2-4-9(10)8(7)5-11-6/h2-5H,1H3. The molecule has 1 aromatic carbocycles. The molecule has 0 radical (unpaired) electrons. The third kappa shape index (κ3) is 1.05. The molecule has 0 atom stereocenters.